The monoisotopic (exact) mass is 288 g/mol. The van der Waals surface area contributed by atoms with Crippen molar-refractivity contribution in [3.8, 4) is 0 Å². The number of likely N-dealkylation sites (tertiary alicyclic amines) is 1. The lowest BCUT2D eigenvalue weighted by Gasteiger charge is -2.32. The highest BCUT2D eigenvalue weighted by Gasteiger charge is 2.23. The van der Waals surface area contributed by atoms with Gasteiger partial charge in [-0.05, 0) is 19.8 Å². The number of nitrogens with one attached hydrogen (secondary N) is 1. The lowest BCUT2D eigenvalue weighted by molar-refractivity contribution is -0.139. The summed E-state index contributed by atoms with van der Waals surface area (Å²) in [6, 6.07) is -0.174. The number of amides is 2. The van der Waals surface area contributed by atoms with Crippen molar-refractivity contribution in [1.29, 1.82) is 0 Å². The number of methoxy groups -OCH3 is 1. The van der Waals surface area contributed by atoms with E-state index in [0.717, 1.165) is 12.8 Å². The number of carbonyl (C=O) groups excluding carboxylic acids is 1. The Hall–Kier alpha value is -1.34. The molecule has 116 valence electrons. The summed E-state index contributed by atoms with van der Waals surface area (Å²) in [5.74, 6) is -0.941. The second kappa shape index (κ2) is 8.76. The van der Waals surface area contributed by atoms with Gasteiger partial charge in [-0.3, -0.25) is 4.79 Å². The Labute approximate surface area is 119 Å². The van der Waals surface area contributed by atoms with E-state index in [1.807, 2.05) is 6.92 Å². The van der Waals surface area contributed by atoms with Crippen LogP contribution in [0.1, 0.15) is 26.2 Å². The molecular weight excluding hydrogens is 264 g/mol. The van der Waals surface area contributed by atoms with Crippen LogP contribution >= 0.6 is 0 Å². The predicted octanol–water partition coefficient (Wildman–Crippen LogP) is 0.687. The average molecular weight is 288 g/mol. The Bertz CT molecular complexity index is 316. The van der Waals surface area contributed by atoms with Gasteiger partial charge in [0.15, 0.2) is 0 Å². The molecule has 0 spiro atoms. The normalized spacial score (nSPS) is 17.8. The van der Waals surface area contributed by atoms with Crippen LogP contribution in [0.4, 0.5) is 4.79 Å². The number of nitrogens with zero attached hydrogens (tertiary/aromatic N) is 1. The van der Waals surface area contributed by atoms with Gasteiger partial charge in [0.2, 0.25) is 0 Å². The summed E-state index contributed by atoms with van der Waals surface area (Å²) in [5, 5.41) is 11.4. The molecule has 0 aromatic carbocycles. The van der Waals surface area contributed by atoms with Gasteiger partial charge in [0.05, 0.1) is 18.6 Å². The van der Waals surface area contributed by atoms with Crippen molar-refractivity contribution < 1.29 is 24.2 Å². The third-order valence-corrected chi connectivity index (χ3v) is 3.35. The molecule has 1 unspecified atom stereocenters. The third-order valence-electron chi connectivity index (χ3n) is 3.35. The van der Waals surface area contributed by atoms with E-state index < -0.39 is 12.1 Å². The Kier molecular flexibility index (Phi) is 7.32. The lowest BCUT2D eigenvalue weighted by Crippen LogP contribution is -2.47. The summed E-state index contributed by atoms with van der Waals surface area (Å²) in [5.41, 5.74) is 0. The second-order valence-corrected chi connectivity index (χ2v) is 4.78. The van der Waals surface area contributed by atoms with Crippen molar-refractivity contribution in [3.63, 3.8) is 0 Å². The molecule has 1 fully saturated rings. The summed E-state index contributed by atoms with van der Waals surface area (Å²) in [7, 11) is 1.44. The molecule has 0 saturated carbocycles. The van der Waals surface area contributed by atoms with Gasteiger partial charge in [0.25, 0.3) is 0 Å². The molecule has 7 nitrogen and oxygen atoms in total. The van der Waals surface area contributed by atoms with Crippen molar-refractivity contribution in [1.82, 2.24) is 10.2 Å². The van der Waals surface area contributed by atoms with Gasteiger partial charge < -0.3 is 24.8 Å². The average Bonchev–Trinajstić information content (AvgIpc) is 2.44. The molecule has 0 aliphatic carbocycles. The first-order valence-electron chi connectivity index (χ1n) is 6.95. The topological polar surface area (TPSA) is 88.1 Å². The molecule has 1 rings (SSSR count). The largest absolute Gasteiger partial charge is 0.481 e. The molecule has 1 aliphatic rings. The number of aliphatic carboxylic acids is 1. The maximum Gasteiger partial charge on any atom is 0.317 e. The molecular formula is C13H24N2O5. The number of hydrogen-bond donors (Lipinski definition) is 2. The van der Waals surface area contributed by atoms with Crippen molar-refractivity contribution in [2.75, 3.05) is 33.4 Å². The number of rotatable bonds is 7. The molecule has 2 N–H and O–H groups in total. The summed E-state index contributed by atoms with van der Waals surface area (Å²) >= 11 is 0. The smallest absolute Gasteiger partial charge is 0.317 e. The molecule has 0 bridgehead atoms. The second-order valence-electron chi connectivity index (χ2n) is 4.78. The molecule has 7 heteroatoms. The highest BCUT2D eigenvalue weighted by Crippen LogP contribution is 2.13. The molecule has 1 aliphatic heterocycles. The van der Waals surface area contributed by atoms with Crippen LogP contribution in [-0.2, 0) is 14.3 Å². The fraction of sp³-hybridized carbons (Fsp3) is 0.846. The molecule has 0 radical (unpaired) electrons. The minimum absolute atomic E-state index is 0.122. The van der Waals surface area contributed by atoms with E-state index >= 15 is 0 Å². The van der Waals surface area contributed by atoms with Crippen LogP contribution in [0.3, 0.4) is 0 Å². The van der Waals surface area contributed by atoms with Crippen LogP contribution in [0.2, 0.25) is 0 Å². The Balaban J connectivity index is 2.27. The van der Waals surface area contributed by atoms with Crippen molar-refractivity contribution >= 4 is 12.0 Å². The number of ether oxygens (including phenoxy) is 2. The van der Waals surface area contributed by atoms with E-state index in [9.17, 15) is 9.59 Å². The van der Waals surface area contributed by atoms with E-state index in [1.165, 1.54) is 7.11 Å². The van der Waals surface area contributed by atoms with Crippen LogP contribution in [0.15, 0.2) is 0 Å². The highest BCUT2D eigenvalue weighted by molar-refractivity contribution is 5.74. The number of urea groups is 1. The van der Waals surface area contributed by atoms with Crippen LogP contribution in [0, 0.1) is 0 Å². The van der Waals surface area contributed by atoms with Crippen molar-refractivity contribution in [2.45, 2.75) is 38.4 Å². The van der Waals surface area contributed by atoms with Crippen molar-refractivity contribution in [3.05, 3.63) is 0 Å². The first kappa shape index (κ1) is 16.7. The summed E-state index contributed by atoms with van der Waals surface area (Å²) in [4.78, 5) is 24.3. The number of carbonyl (C=O) groups is 2. The van der Waals surface area contributed by atoms with Crippen LogP contribution in [-0.4, -0.2) is 67.6 Å². The number of carboxylic acids is 1. The maximum absolute atomic E-state index is 11.9. The summed E-state index contributed by atoms with van der Waals surface area (Å²) < 4.78 is 10.5. The van der Waals surface area contributed by atoms with E-state index in [1.54, 1.807) is 4.90 Å². The first-order chi connectivity index (χ1) is 9.56. The van der Waals surface area contributed by atoms with Crippen molar-refractivity contribution in [2.24, 2.45) is 0 Å². The fourth-order valence-corrected chi connectivity index (χ4v) is 2.21. The summed E-state index contributed by atoms with van der Waals surface area (Å²) in [6.07, 6.45) is 1.29. The summed E-state index contributed by atoms with van der Waals surface area (Å²) in [6.45, 7) is 4.18. The molecule has 1 heterocycles. The maximum atomic E-state index is 11.9. The van der Waals surface area contributed by atoms with Crippen LogP contribution in [0.5, 0.6) is 0 Å². The number of piperidine rings is 1. The Morgan fingerprint density at radius 3 is 2.55 bits per heavy atom. The zero-order valence-corrected chi connectivity index (χ0v) is 12.1. The first-order valence-corrected chi connectivity index (χ1v) is 6.95. The van der Waals surface area contributed by atoms with Crippen LogP contribution < -0.4 is 5.32 Å². The zero-order chi connectivity index (χ0) is 15.0. The molecule has 2 amide bonds. The van der Waals surface area contributed by atoms with Gasteiger partial charge >= 0.3 is 12.0 Å². The lowest BCUT2D eigenvalue weighted by atomic mass is 10.1. The van der Waals surface area contributed by atoms with Gasteiger partial charge in [-0.25, -0.2) is 4.79 Å². The predicted molar refractivity (Wildman–Crippen MR) is 72.7 cm³/mol. The zero-order valence-electron chi connectivity index (χ0n) is 12.1. The standard InChI is InChI=1S/C13H24N2O5/c1-3-20-10-4-6-15(7-5-10)13(18)14-9-11(19-2)8-12(16)17/h10-11H,3-9H2,1-2H3,(H,14,18)(H,16,17). The van der Waals surface area contributed by atoms with Gasteiger partial charge in [-0.15, -0.1) is 0 Å². The minimum Gasteiger partial charge on any atom is -0.481 e. The molecule has 1 saturated heterocycles. The molecule has 20 heavy (non-hydrogen) atoms. The number of carboxylic acid groups (broad SMARTS) is 1. The third kappa shape index (κ3) is 5.75. The molecule has 0 aromatic rings. The Morgan fingerprint density at radius 2 is 2.05 bits per heavy atom. The fourth-order valence-electron chi connectivity index (χ4n) is 2.21. The highest BCUT2D eigenvalue weighted by atomic mass is 16.5. The van der Waals surface area contributed by atoms with Crippen LogP contribution in [0.25, 0.3) is 0 Å². The minimum atomic E-state index is -0.941. The number of hydrogen-bond acceptors (Lipinski definition) is 4. The van der Waals surface area contributed by atoms with Gasteiger partial charge in [-0.1, -0.05) is 0 Å². The van der Waals surface area contributed by atoms with E-state index in [4.69, 9.17) is 14.6 Å². The van der Waals surface area contributed by atoms with E-state index in [-0.39, 0.29) is 25.1 Å². The quantitative estimate of drug-likeness (QED) is 0.719. The van der Waals surface area contributed by atoms with Gasteiger partial charge in [0, 0.05) is 33.4 Å². The van der Waals surface area contributed by atoms with Gasteiger partial charge in [-0.2, -0.15) is 0 Å². The molecule has 1 atom stereocenters. The molecule has 0 aromatic heterocycles. The van der Waals surface area contributed by atoms with Gasteiger partial charge in [0.1, 0.15) is 0 Å². The van der Waals surface area contributed by atoms with E-state index in [2.05, 4.69) is 5.32 Å². The Morgan fingerprint density at radius 1 is 1.40 bits per heavy atom. The van der Waals surface area contributed by atoms with E-state index in [0.29, 0.717) is 19.7 Å². The SMILES string of the molecule is CCOC1CCN(C(=O)NCC(CC(=O)O)OC)CC1.